The lowest BCUT2D eigenvalue weighted by Crippen LogP contribution is -2.57. The molecule has 0 radical (unpaired) electrons. The molecule has 0 bridgehead atoms. The van der Waals surface area contributed by atoms with Crippen molar-refractivity contribution in [3.8, 4) is 0 Å². The number of hydrogen-bond donors (Lipinski definition) is 9. The highest BCUT2D eigenvalue weighted by molar-refractivity contribution is 5.95. The molecule has 0 aliphatic heterocycles. The summed E-state index contributed by atoms with van der Waals surface area (Å²) in [6.45, 7) is 0.258. The van der Waals surface area contributed by atoms with Crippen molar-refractivity contribution in [2.24, 2.45) is 17.2 Å². The highest BCUT2D eigenvalue weighted by Gasteiger charge is 2.31. The summed E-state index contributed by atoms with van der Waals surface area (Å²) in [4.78, 5) is 81.7. The van der Waals surface area contributed by atoms with Gasteiger partial charge in [0, 0.05) is 6.42 Å². The van der Waals surface area contributed by atoms with E-state index in [9.17, 15) is 33.6 Å². The molecule has 0 rings (SSSR count). The third kappa shape index (κ3) is 13.5. The number of carbonyl (C=O) groups excluding carboxylic acids is 4. The van der Waals surface area contributed by atoms with Crippen LogP contribution in [0.4, 0.5) is 0 Å². The standard InChI is InChI=1S/C19H32N6O10/c20-6-2-1-3-10(17(32)25-12(19(34)35)8-15(29)30)24-18(33)11(4-5-14(27)28)23-16(31)9(21)7-13(22)26/h9-12H,1-8,20-21H2,(H2,22,26)(H,23,31)(H,24,33)(H,25,32)(H,27,28)(H,29,30)(H,34,35). The van der Waals surface area contributed by atoms with Gasteiger partial charge in [0.05, 0.1) is 18.9 Å². The predicted octanol–water partition coefficient (Wildman–Crippen LogP) is -3.80. The Morgan fingerprint density at radius 3 is 1.66 bits per heavy atom. The molecule has 16 heteroatoms. The number of carbonyl (C=O) groups is 7. The van der Waals surface area contributed by atoms with Crippen molar-refractivity contribution < 1.29 is 48.9 Å². The monoisotopic (exact) mass is 504 g/mol. The fraction of sp³-hybridized carbons (Fsp3) is 0.632. The number of aliphatic carboxylic acids is 3. The van der Waals surface area contributed by atoms with Gasteiger partial charge in [-0.25, -0.2) is 4.79 Å². The van der Waals surface area contributed by atoms with E-state index < -0.39 is 91.4 Å². The first-order chi connectivity index (χ1) is 16.3. The predicted molar refractivity (Wildman–Crippen MR) is 117 cm³/mol. The Labute approximate surface area is 199 Å². The largest absolute Gasteiger partial charge is 0.481 e. The van der Waals surface area contributed by atoms with Crippen LogP contribution in [0.5, 0.6) is 0 Å². The summed E-state index contributed by atoms with van der Waals surface area (Å²) in [6.07, 6.45) is -1.66. The fourth-order valence-electron chi connectivity index (χ4n) is 2.81. The second-order valence-corrected chi connectivity index (χ2v) is 7.61. The maximum atomic E-state index is 12.8. The molecule has 0 heterocycles. The number of hydrogen-bond acceptors (Lipinski definition) is 9. The Morgan fingerprint density at radius 1 is 0.686 bits per heavy atom. The van der Waals surface area contributed by atoms with Gasteiger partial charge in [-0.15, -0.1) is 0 Å². The van der Waals surface area contributed by atoms with Crippen LogP contribution in [-0.4, -0.2) is 87.6 Å². The van der Waals surface area contributed by atoms with Crippen LogP contribution in [0.3, 0.4) is 0 Å². The van der Waals surface area contributed by atoms with Gasteiger partial charge >= 0.3 is 17.9 Å². The molecule has 0 aromatic carbocycles. The molecule has 4 amide bonds. The van der Waals surface area contributed by atoms with Crippen LogP contribution in [-0.2, 0) is 33.6 Å². The first-order valence-electron chi connectivity index (χ1n) is 10.6. The summed E-state index contributed by atoms with van der Waals surface area (Å²) in [6, 6.07) is -6.02. The Hall–Kier alpha value is -3.79. The quantitative estimate of drug-likeness (QED) is 0.0812. The summed E-state index contributed by atoms with van der Waals surface area (Å²) in [5.41, 5.74) is 15.9. The molecule has 0 aromatic rings. The maximum absolute atomic E-state index is 12.8. The smallest absolute Gasteiger partial charge is 0.326 e. The van der Waals surface area contributed by atoms with Crippen LogP contribution >= 0.6 is 0 Å². The van der Waals surface area contributed by atoms with Crippen LogP contribution < -0.4 is 33.2 Å². The van der Waals surface area contributed by atoms with Gasteiger partial charge in [-0.05, 0) is 32.2 Å². The topological polar surface area (TPSA) is 294 Å². The average molecular weight is 504 g/mol. The van der Waals surface area contributed by atoms with Crippen molar-refractivity contribution in [1.82, 2.24) is 16.0 Å². The molecule has 16 nitrogen and oxygen atoms in total. The van der Waals surface area contributed by atoms with Crippen molar-refractivity contribution >= 4 is 41.5 Å². The first kappa shape index (κ1) is 31.2. The van der Waals surface area contributed by atoms with E-state index in [1.54, 1.807) is 0 Å². The zero-order valence-corrected chi connectivity index (χ0v) is 18.9. The van der Waals surface area contributed by atoms with Crippen LogP contribution in [0.2, 0.25) is 0 Å². The molecular weight excluding hydrogens is 472 g/mol. The van der Waals surface area contributed by atoms with E-state index in [0.717, 1.165) is 0 Å². The SMILES string of the molecule is NCCCCC(NC(=O)C(CCC(=O)O)NC(=O)C(N)CC(N)=O)C(=O)NC(CC(=O)O)C(=O)O. The lowest BCUT2D eigenvalue weighted by Gasteiger charge is -2.25. The Bertz CT molecular complexity index is 805. The number of amides is 4. The molecule has 12 N–H and O–H groups in total. The highest BCUT2D eigenvalue weighted by atomic mass is 16.4. The summed E-state index contributed by atoms with van der Waals surface area (Å²) < 4.78 is 0. The minimum Gasteiger partial charge on any atom is -0.481 e. The molecule has 4 unspecified atom stereocenters. The minimum absolute atomic E-state index is 0.0189. The second kappa shape index (κ2) is 15.9. The Kier molecular flexibility index (Phi) is 14.2. The van der Waals surface area contributed by atoms with Crippen LogP contribution in [0, 0.1) is 0 Å². The van der Waals surface area contributed by atoms with E-state index in [0.29, 0.717) is 12.8 Å². The summed E-state index contributed by atoms with van der Waals surface area (Å²) in [7, 11) is 0. The van der Waals surface area contributed by atoms with Gasteiger partial charge in [0.1, 0.15) is 18.1 Å². The number of nitrogens with one attached hydrogen (secondary N) is 3. The van der Waals surface area contributed by atoms with Crippen LogP contribution in [0.15, 0.2) is 0 Å². The zero-order chi connectivity index (χ0) is 27.1. The number of rotatable bonds is 18. The third-order valence-corrected chi connectivity index (χ3v) is 4.61. The normalized spacial score (nSPS) is 14.0. The van der Waals surface area contributed by atoms with Gasteiger partial charge in [-0.2, -0.15) is 0 Å². The van der Waals surface area contributed by atoms with Crippen molar-refractivity contribution in [3.05, 3.63) is 0 Å². The Morgan fingerprint density at radius 2 is 1.20 bits per heavy atom. The molecule has 0 aliphatic rings. The number of carboxylic acids is 3. The lowest BCUT2D eigenvalue weighted by atomic mass is 10.0. The van der Waals surface area contributed by atoms with Gasteiger partial charge in [0.25, 0.3) is 0 Å². The summed E-state index contributed by atoms with van der Waals surface area (Å²) in [5.74, 6) is -8.21. The fourth-order valence-corrected chi connectivity index (χ4v) is 2.81. The molecule has 0 saturated heterocycles. The van der Waals surface area contributed by atoms with Crippen LogP contribution in [0.25, 0.3) is 0 Å². The molecule has 4 atom stereocenters. The van der Waals surface area contributed by atoms with E-state index in [1.165, 1.54) is 0 Å². The highest BCUT2D eigenvalue weighted by Crippen LogP contribution is 2.06. The van der Waals surface area contributed by atoms with Gasteiger partial charge in [-0.1, -0.05) is 0 Å². The third-order valence-electron chi connectivity index (χ3n) is 4.61. The summed E-state index contributed by atoms with van der Waals surface area (Å²) >= 11 is 0. The van der Waals surface area contributed by atoms with Gasteiger partial charge in [0.15, 0.2) is 0 Å². The van der Waals surface area contributed by atoms with E-state index in [2.05, 4.69) is 10.6 Å². The zero-order valence-electron chi connectivity index (χ0n) is 18.9. The van der Waals surface area contributed by atoms with Crippen molar-refractivity contribution in [3.63, 3.8) is 0 Å². The average Bonchev–Trinajstić information content (AvgIpc) is 2.74. The van der Waals surface area contributed by atoms with Crippen molar-refractivity contribution in [1.29, 1.82) is 0 Å². The van der Waals surface area contributed by atoms with E-state index >= 15 is 0 Å². The second-order valence-electron chi connectivity index (χ2n) is 7.61. The van der Waals surface area contributed by atoms with E-state index in [1.807, 2.05) is 5.32 Å². The van der Waals surface area contributed by atoms with Crippen molar-refractivity contribution in [2.45, 2.75) is 69.1 Å². The van der Waals surface area contributed by atoms with Gasteiger partial charge in [0.2, 0.25) is 23.6 Å². The Balaban J connectivity index is 5.61. The number of carboxylic acid groups (broad SMARTS) is 3. The van der Waals surface area contributed by atoms with E-state index in [-0.39, 0.29) is 13.0 Å². The van der Waals surface area contributed by atoms with Gasteiger partial charge < -0.3 is 48.5 Å². The minimum atomic E-state index is -1.77. The molecular formula is C19H32N6O10. The van der Waals surface area contributed by atoms with E-state index in [4.69, 9.17) is 32.5 Å². The molecule has 35 heavy (non-hydrogen) atoms. The number of nitrogens with two attached hydrogens (primary N) is 3. The molecule has 198 valence electrons. The van der Waals surface area contributed by atoms with Crippen LogP contribution in [0.1, 0.15) is 44.9 Å². The lowest BCUT2D eigenvalue weighted by molar-refractivity contribution is -0.147. The maximum Gasteiger partial charge on any atom is 0.326 e. The molecule has 0 aliphatic carbocycles. The summed E-state index contributed by atoms with van der Waals surface area (Å²) in [5, 5.41) is 33.5. The first-order valence-corrected chi connectivity index (χ1v) is 10.6. The van der Waals surface area contributed by atoms with Crippen molar-refractivity contribution in [2.75, 3.05) is 6.54 Å². The molecule has 0 fully saturated rings. The number of unbranched alkanes of at least 4 members (excludes halogenated alkanes) is 1. The molecule has 0 saturated carbocycles. The number of primary amides is 1. The van der Waals surface area contributed by atoms with Gasteiger partial charge in [-0.3, -0.25) is 28.8 Å². The molecule has 0 spiro atoms. The molecule has 0 aromatic heterocycles.